The summed E-state index contributed by atoms with van der Waals surface area (Å²) >= 11 is 0. The van der Waals surface area contributed by atoms with E-state index in [0.717, 1.165) is 64.1 Å². The van der Waals surface area contributed by atoms with Gasteiger partial charge in [0.2, 0.25) is 0 Å². The van der Waals surface area contributed by atoms with Gasteiger partial charge in [0, 0.05) is 56.1 Å². The van der Waals surface area contributed by atoms with Gasteiger partial charge in [0.15, 0.2) is 0 Å². The number of benzene rings is 2. The molecule has 0 aliphatic carbocycles. The fourth-order valence-electron chi connectivity index (χ4n) is 4.97. The van der Waals surface area contributed by atoms with Gasteiger partial charge in [0.1, 0.15) is 0 Å². The molecule has 3 aliphatic rings. The summed E-state index contributed by atoms with van der Waals surface area (Å²) < 4.78 is 5.48. The highest BCUT2D eigenvalue weighted by atomic mass is 16.5. The molecule has 2 fully saturated rings. The van der Waals surface area contributed by atoms with Crippen LogP contribution in [0, 0.1) is 0 Å². The molecule has 0 saturated carbocycles. The number of ether oxygens (including phenoxy) is 1. The Bertz CT molecular complexity index is 868. The van der Waals surface area contributed by atoms with Crippen LogP contribution in [-0.4, -0.2) is 55.7 Å². The average Bonchev–Trinajstić information content (AvgIpc) is 3.32. The van der Waals surface area contributed by atoms with Crippen LogP contribution in [0.1, 0.15) is 40.7 Å². The van der Waals surface area contributed by atoms with E-state index < -0.39 is 0 Å². The summed E-state index contributed by atoms with van der Waals surface area (Å²) in [4.78, 5) is 17.4. The number of amides is 1. The molecule has 3 aliphatic heterocycles. The van der Waals surface area contributed by atoms with E-state index in [2.05, 4.69) is 46.6 Å². The van der Waals surface area contributed by atoms with Gasteiger partial charge in [0.25, 0.3) is 5.91 Å². The van der Waals surface area contributed by atoms with Crippen molar-refractivity contribution < 1.29 is 9.53 Å². The summed E-state index contributed by atoms with van der Waals surface area (Å²) in [6, 6.07) is 17.8. The smallest absolute Gasteiger partial charge is 0.254 e. The Morgan fingerprint density at radius 2 is 1.67 bits per heavy atom. The maximum atomic E-state index is 13.0. The van der Waals surface area contributed by atoms with Crippen LogP contribution in [0.4, 0.5) is 5.69 Å². The highest BCUT2D eigenvalue weighted by Gasteiger charge is 2.25. The maximum Gasteiger partial charge on any atom is 0.254 e. The normalized spacial score (nSPS) is 22.2. The third-order valence-corrected chi connectivity index (χ3v) is 6.79. The van der Waals surface area contributed by atoms with Crippen molar-refractivity contribution in [2.24, 2.45) is 0 Å². The highest BCUT2D eigenvalue weighted by Crippen LogP contribution is 2.24. The predicted octanol–water partition coefficient (Wildman–Crippen LogP) is 3.23. The first kappa shape index (κ1) is 19.6. The zero-order valence-electron chi connectivity index (χ0n) is 17.6. The summed E-state index contributed by atoms with van der Waals surface area (Å²) in [6.07, 6.45) is 4.39. The number of carbonyl (C=O) groups is 1. The number of hydrogen-bond acceptors (Lipinski definition) is 4. The van der Waals surface area contributed by atoms with E-state index in [-0.39, 0.29) is 5.91 Å². The topological polar surface area (TPSA) is 44.8 Å². The second-order valence-corrected chi connectivity index (χ2v) is 8.78. The SMILES string of the molecule is O=C(c1ccc(N2CCC(NC3CCOC3)CC2)cc1)N1CCc2ccccc2C1. The first-order valence-electron chi connectivity index (χ1n) is 11.3. The predicted molar refractivity (Wildman–Crippen MR) is 119 cm³/mol. The first-order valence-corrected chi connectivity index (χ1v) is 11.3. The van der Waals surface area contributed by atoms with Gasteiger partial charge in [-0.1, -0.05) is 24.3 Å². The Kier molecular flexibility index (Phi) is 5.73. The molecule has 5 heteroatoms. The number of hydrogen-bond donors (Lipinski definition) is 1. The van der Waals surface area contributed by atoms with E-state index in [4.69, 9.17) is 4.74 Å². The molecule has 2 aromatic rings. The van der Waals surface area contributed by atoms with Crippen LogP contribution in [0.15, 0.2) is 48.5 Å². The first-order chi connectivity index (χ1) is 14.8. The van der Waals surface area contributed by atoms with Crippen molar-refractivity contribution in [3.05, 3.63) is 65.2 Å². The number of piperidine rings is 1. The summed E-state index contributed by atoms with van der Waals surface area (Å²) in [5.74, 6) is 0.137. The van der Waals surface area contributed by atoms with Crippen LogP contribution in [-0.2, 0) is 17.7 Å². The monoisotopic (exact) mass is 405 g/mol. The molecule has 2 aromatic carbocycles. The number of rotatable bonds is 4. The molecule has 158 valence electrons. The fourth-order valence-corrected chi connectivity index (χ4v) is 4.97. The van der Waals surface area contributed by atoms with E-state index in [0.29, 0.717) is 18.6 Å². The largest absolute Gasteiger partial charge is 0.380 e. The van der Waals surface area contributed by atoms with Gasteiger partial charge in [-0.2, -0.15) is 0 Å². The Labute approximate surface area is 179 Å². The second kappa shape index (κ2) is 8.78. The standard InChI is InChI=1S/C25H31N3O2/c29-25(28-13-9-19-3-1-2-4-21(19)17-28)20-5-7-24(8-6-20)27-14-10-22(11-15-27)26-23-12-16-30-18-23/h1-8,22-23,26H,9-18H2. The molecule has 1 atom stereocenters. The van der Waals surface area contributed by atoms with Crippen LogP contribution < -0.4 is 10.2 Å². The fraction of sp³-hybridized carbons (Fsp3) is 0.480. The van der Waals surface area contributed by atoms with Crippen molar-refractivity contribution in [2.45, 2.75) is 44.3 Å². The minimum absolute atomic E-state index is 0.137. The van der Waals surface area contributed by atoms with E-state index in [9.17, 15) is 4.79 Å². The molecule has 3 heterocycles. The number of anilines is 1. The number of nitrogens with zero attached hydrogens (tertiary/aromatic N) is 2. The van der Waals surface area contributed by atoms with Gasteiger partial charge in [-0.05, 0) is 61.1 Å². The van der Waals surface area contributed by atoms with Crippen molar-refractivity contribution in [2.75, 3.05) is 37.7 Å². The molecular weight excluding hydrogens is 374 g/mol. The molecule has 1 amide bonds. The van der Waals surface area contributed by atoms with Crippen molar-refractivity contribution >= 4 is 11.6 Å². The van der Waals surface area contributed by atoms with E-state index in [1.807, 2.05) is 17.0 Å². The number of fused-ring (bicyclic) bond motifs is 1. The average molecular weight is 406 g/mol. The van der Waals surface area contributed by atoms with Crippen LogP contribution >= 0.6 is 0 Å². The van der Waals surface area contributed by atoms with Crippen LogP contribution in [0.5, 0.6) is 0 Å². The summed E-state index contributed by atoms with van der Waals surface area (Å²) in [5, 5.41) is 3.76. The van der Waals surface area contributed by atoms with Gasteiger partial charge in [-0.15, -0.1) is 0 Å². The van der Waals surface area contributed by atoms with Crippen LogP contribution in [0.25, 0.3) is 0 Å². The molecule has 1 N–H and O–H groups in total. The molecule has 5 nitrogen and oxygen atoms in total. The molecule has 1 unspecified atom stereocenters. The molecule has 0 spiro atoms. The second-order valence-electron chi connectivity index (χ2n) is 8.78. The highest BCUT2D eigenvalue weighted by molar-refractivity contribution is 5.94. The van der Waals surface area contributed by atoms with Crippen molar-refractivity contribution in [3.8, 4) is 0 Å². The molecular formula is C25H31N3O2. The summed E-state index contributed by atoms with van der Waals surface area (Å²) in [5.41, 5.74) is 4.65. The molecule has 0 aromatic heterocycles. The van der Waals surface area contributed by atoms with Crippen molar-refractivity contribution in [1.29, 1.82) is 0 Å². The summed E-state index contributed by atoms with van der Waals surface area (Å²) in [7, 11) is 0. The molecule has 0 bridgehead atoms. The van der Waals surface area contributed by atoms with Crippen LogP contribution in [0.2, 0.25) is 0 Å². The Hall–Kier alpha value is -2.37. The van der Waals surface area contributed by atoms with Gasteiger partial charge in [-0.25, -0.2) is 0 Å². The lowest BCUT2D eigenvalue weighted by Crippen LogP contribution is -2.46. The third kappa shape index (κ3) is 4.23. The molecule has 0 radical (unpaired) electrons. The van der Waals surface area contributed by atoms with Crippen LogP contribution in [0.3, 0.4) is 0 Å². The Morgan fingerprint density at radius 1 is 0.900 bits per heavy atom. The quantitative estimate of drug-likeness (QED) is 0.848. The molecule has 5 rings (SSSR count). The van der Waals surface area contributed by atoms with Gasteiger partial charge >= 0.3 is 0 Å². The van der Waals surface area contributed by atoms with E-state index >= 15 is 0 Å². The lowest BCUT2D eigenvalue weighted by molar-refractivity contribution is 0.0734. The van der Waals surface area contributed by atoms with Gasteiger partial charge in [-0.3, -0.25) is 4.79 Å². The zero-order chi connectivity index (χ0) is 20.3. The van der Waals surface area contributed by atoms with E-state index in [1.165, 1.54) is 16.8 Å². The Morgan fingerprint density at radius 3 is 2.40 bits per heavy atom. The molecule has 30 heavy (non-hydrogen) atoms. The van der Waals surface area contributed by atoms with Gasteiger partial charge < -0.3 is 19.9 Å². The maximum absolute atomic E-state index is 13.0. The number of nitrogens with one attached hydrogen (secondary N) is 1. The lowest BCUT2D eigenvalue weighted by atomic mass is 9.99. The van der Waals surface area contributed by atoms with Gasteiger partial charge in [0.05, 0.1) is 6.61 Å². The third-order valence-electron chi connectivity index (χ3n) is 6.79. The molecule has 2 saturated heterocycles. The summed E-state index contributed by atoms with van der Waals surface area (Å²) in [6.45, 7) is 5.38. The minimum atomic E-state index is 0.137. The van der Waals surface area contributed by atoms with Crippen molar-refractivity contribution in [1.82, 2.24) is 10.2 Å². The van der Waals surface area contributed by atoms with E-state index in [1.54, 1.807) is 0 Å². The number of carbonyl (C=O) groups excluding carboxylic acids is 1. The van der Waals surface area contributed by atoms with Crippen molar-refractivity contribution in [3.63, 3.8) is 0 Å². The lowest BCUT2D eigenvalue weighted by Gasteiger charge is -2.35. The minimum Gasteiger partial charge on any atom is -0.380 e. The zero-order valence-corrected chi connectivity index (χ0v) is 17.6. The Balaban J connectivity index is 1.16.